The summed E-state index contributed by atoms with van der Waals surface area (Å²) in [6.45, 7) is 13.2. The second-order valence-corrected chi connectivity index (χ2v) is 8.94. The van der Waals surface area contributed by atoms with Gasteiger partial charge in [-0.15, -0.1) is 0 Å². The molecule has 2 heterocycles. The van der Waals surface area contributed by atoms with Gasteiger partial charge in [-0.3, -0.25) is 0 Å². The van der Waals surface area contributed by atoms with Crippen LogP contribution in [-0.4, -0.2) is 48.5 Å². The van der Waals surface area contributed by atoms with E-state index in [2.05, 4.69) is 10.3 Å². The van der Waals surface area contributed by atoms with E-state index < -0.39 is 0 Å². The van der Waals surface area contributed by atoms with Crippen molar-refractivity contribution in [2.45, 2.75) is 65.9 Å². The molecule has 1 aromatic rings. The molecule has 0 saturated carbocycles. The number of carbonyl (C=O) groups excluding carboxylic acids is 2. The van der Waals surface area contributed by atoms with Crippen LogP contribution in [0, 0.1) is 0 Å². The van der Waals surface area contributed by atoms with E-state index in [4.69, 9.17) is 21.1 Å². The van der Waals surface area contributed by atoms with Crippen LogP contribution in [0.4, 0.5) is 15.0 Å². The van der Waals surface area contributed by atoms with Crippen molar-refractivity contribution in [1.29, 1.82) is 0 Å². The molecule has 34 heavy (non-hydrogen) atoms. The van der Waals surface area contributed by atoms with Gasteiger partial charge >= 0.3 is 6.09 Å². The predicted molar refractivity (Wildman–Crippen MR) is 140 cm³/mol. The number of nitrogens with zero attached hydrogens (tertiary/aromatic N) is 2. The lowest BCUT2D eigenvalue weighted by molar-refractivity contribution is -0.0980. The number of carbonyl (C=O) groups is 2. The highest BCUT2D eigenvalue weighted by Crippen LogP contribution is 2.25. The largest absolute Gasteiger partial charge is 0.444 e. The van der Waals surface area contributed by atoms with Gasteiger partial charge in [-0.05, 0) is 77.2 Å². The SMILES string of the molecule is C=O.CC(C)(C)OC(=O)N1CCCCC1.CC/C=C(F)/C=C\C=C(/C)c1cc(NC)ncc1Cl. The molecule has 0 unspecified atom stereocenters. The van der Waals surface area contributed by atoms with E-state index in [1.165, 1.54) is 18.6 Å². The number of halogens is 2. The zero-order valence-corrected chi connectivity index (χ0v) is 22.0. The van der Waals surface area contributed by atoms with Crippen LogP contribution in [0.25, 0.3) is 5.57 Å². The van der Waals surface area contributed by atoms with Crippen LogP contribution in [0.3, 0.4) is 0 Å². The molecule has 1 aromatic heterocycles. The van der Waals surface area contributed by atoms with Crippen LogP contribution in [-0.2, 0) is 9.53 Å². The molecular weight excluding hydrogens is 457 g/mol. The quantitative estimate of drug-likeness (QED) is 0.436. The number of pyridine rings is 1. The summed E-state index contributed by atoms with van der Waals surface area (Å²) in [6.07, 6.45) is 12.0. The van der Waals surface area contributed by atoms with Crippen molar-refractivity contribution in [3.63, 3.8) is 0 Å². The number of hydrogen-bond acceptors (Lipinski definition) is 5. The standard InChI is InChI=1S/C15H18ClFN2.C10H19NO2.CH2O/c1-4-6-12(17)8-5-7-11(2)13-9-15(18-3)19-10-14(13)16;1-10(2,3)13-9(12)11-7-5-4-6-8-11;1-2/h5-10H,4H2,1-3H3,(H,18,19);4-8H2,1-3H3;1H2/b8-5-,11-7+,12-6-;;. The molecule has 6 nitrogen and oxygen atoms in total. The molecule has 2 rings (SSSR count). The number of rotatable bonds is 5. The number of nitrogens with one attached hydrogen (secondary N) is 1. The molecule has 8 heteroatoms. The lowest BCUT2D eigenvalue weighted by Crippen LogP contribution is -2.39. The summed E-state index contributed by atoms with van der Waals surface area (Å²) in [5.41, 5.74) is 1.46. The number of amides is 1. The molecule has 0 bridgehead atoms. The zero-order chi connectivity index (χ0) is 26.1. The highest BCUT2D eigenvalue weighted by atomic mass is 35.5. The Bertz CT molecular complexity index is 842. The van der Waals surface area contributed by atoms with E-state index in [0.717, 1.165) is 42.9 Å². The first-order chi connectivity index (χ1) is 16.1. The average molecular weight is 496 g/mol. The Morgan fingerprint density at radius 3 is 2.44 bits per heavy atom. The number of ether oxygens (including phenoxy) is 1. The van der Waals surface area contributed by atoms with E-state index >= 15 is 0 Å². The summed E-state index contributed by atoms with van der Waals surface area (Å²) in [5.74, 6) is 0.511. The van der Waals surface area contributed by atoms with E-state index in [1.54, 1.807) is 24.2 Å². The second kappa shape index (κ2) is 16.9. The minimum absolute atomic E-state index is 0.160. The summed E-state index contributed by atoms with van der Waals surface area (Å²) in [7, 11) is 1.80. The van der Waals surface area contributed by atoms with Crippen LogP contribution >= 0.6 is 11.6 Å². The maximum atomic E-state index is 13.2. The highest BCUT2D eigenvalue weighted by molar-refractivity contribution is 6.32. The third-order valence-electron chi connectivity index (χ3n) is 4.54. The van der Waals surface area contributed by atoms with Gasteiger partial charge in [-0.2, -0.15) is 0 Å². The van der Waals surface area contributed by atoms with Crippen molar-refractivity contribution in [2.24, 2.45) is 0 Å². The third kappa shape index (κ3) is 13.1. The molecule has 1 N–H and O–H groups in total. The minimum atomic E-state index is -0.367. The van der Waals surface area contributed by atoms with Gasteiger partial charge in [0.25, 0.3) is 0 Å². The molecule has 1 amide bonds. The fourth-order valence-electron chi connectivity index (χ4n) is 2.92. The van der Waals surface area contributed by atoms with Gasteiger partial charge in [0.15, 0.2) is 0 Å². The number of piperidine rings is 1. The Labute approximate surface area is 208 Å². The van der Waals surface area contributed by atoms with Crippen LogP contribution in [0.2, 0.25) is 5.02 Å². The summed E-state index contributed by atoms with van der Waals surface area (Å²) < 4.78 is 18.4. The van der Waals surface area contributed by atoms with Crippen molar-refractivity contribution in [3.05, 3.63) is 53.0 Å². The number of aromatic nitrogens is 1. The van der Waals surface area contributed by atoms with Crippen LogP contribution in [0.1, 0.15) is 65.9 Å². The van der Waals surface area contributed by atoms with Crippen molar-refractivity contribution >= 4 is 35.9 Å². The first-order valence-electron chi connectivity index (χ1n) is 11.4. The molecule has 0 radical (unpaired) electrons. The van der Waals surface area contributed by atoms with E-state index in [9.17, 15) is 9.18 Å². The van der Waals surface area contributed by atoms with Crippen LogP contribution in [0.15, 0.2) is 42.4 Å². The maximum absolute atomic E-state index is 13.2. The van der Waals surface area contributed by atoms with Gasteiger partial charge in [0.1, 0.15) is 24.0 Å². The Kier molecular flexibility index (Phi) is 15.5. The number of anilines is 1. The Hall–Kier alpha value is -2.67. The fraction of sp³-hybridized carbons (Fsp3) is 0.500. The molecule has 1 aliphatic heterocycles. The second-order valence-electron chi connectivity index (χ2n) is 8.53. The topological polar surface area (TPSA) is 71.5 Å². The first kappa shape index (κ1) is 31.3. The Morgan fingerprint density at radius 2 is 1.91 bits per heavy atom. The smallest absolute Gasteiger partial charge is 0.410 e. The average Bonchev–Trinajstić information content (AvgIpc) is 2.81. The number of hydrogen-bond donors (Lipinski definition) is 1. The summed E-state index contributed by atoms with van der Waals surface area (Å²) in [5, 5.41) is 3.53. The molecule has 0 aliphatic carbocycles. The maximum Gasteiger partial charge on any atom is 0.410 e. The molecule has 1 saturated heterocycles. The normalized spacial score (nSPS) is 14.5. The molecule has 190 valence electrons. The van der Waals surface area contributed by atoms with Gasteiger partial charge < -0.3 is 19.7 Å². The van der Waals surface area contributed by atoms with Gasteiger partial charge in [0.05, 0.1) is 5.02 Å². The lowest BCUT2D eigenvalue weighted by atomic mass is 10.1. The fourth-order valence-corrected chi connectivity index (χ4v) is 3.17. The predicted octanol–water partition coefficient (Wildman–Crippen LogP) is 7.22. The first-order valence-corrected chi connectivity index (χ1v) is 11.8. The highest BCUT2D eigenvalue weighted by Gasteiger charge is 2.22. The van der Waals surface area contributed by atoms with E-state index in [-0.39, 0.29) is 17.5 Å². The van der Waals surface area contributed by atoms with Gasteiger partial charge in [0, 0.05) is 31.9 Å². The van der Waals surface area contributed by atoms with Gasteiger partial charge in [-0.1, -0.05) is 30.7 Å². The molecule has 0 atom stereocenters. The van der Waals surface area contributed by atoms with Crippen LogP contribution < -0.4 is 5.32 Å². The van der Waals surface area contributed by atoms with Crippen molar-refractivity contribution in [1.82, 2.24) is 9.88 Å². The Balaban J connectivity index is 0.000000633. The summed E-state index contributed by atoms with van der Waals surface area (Å²) in [4.78, 5) is 25.4. The van der Waals surface area contributed by atoms with E-state index in [0.29, 0.717) is 11.4 Å². The third-order valence-corrected chi connectivity index (χ3v) is 4.85. The summed E-state index contributed by atoms with van der Waals surface area (Å²) >= 11 is 6.10. The molecule has 1 fully saturated rings. The van der Waals surface area contributed by atoms with Crippen LogP contribution in [0.5, 0.6) is 0 Å². The number of likely N-dealkylation sites (tertiary alicyclic amines) is 1. The monoisotopic (exact) mass is 495 g/mol. The molecule has 0 aromatic carbocycles. The molecule has 1 aliphatic rings. The summed E-state index contributed by atoms with van der Waals surface area (Å²) in [6, 6.07) is 1.86. The zero-order valence-electron chi connectivity index (χ0n) is 21.3. The van der Waals surface area contributed by atoms with Gasteiger partial charge in [0.2, 0.25) is 0 Å². The van der Waals surface area contributed by atoms with Crippen molar-refractivity contribution in [2.75, 3.05) is 25.5 Å². The molecule has 0 spiro atoms. The van der Waals surface area contributed by atoms with Gasteiger partial charge in [-0.25, -0.2) is 14.2 Å². The lowest BCUT2D eigenvalue weighted by Gasteiger charge is -2.29. The molecular formula is C26H39ClFN3O3. The van der Waals surface area contributed by atoms with E-state index in [1.807, 2.05) is 53.6 Å². The van der Waals surface area contributed by atoms with Crippen molar-refractivity contribution in [3.8, 4) is 0 Å². The number of allylic oxidation sites excluding steroid dienone is 6. The Morgan fingerprint density at radius 1 is 1.29 bits per heavy atom. The van der Waals surface area contributed by atoms with Crippen molar-refractivity contribution < 1.29 is 18.7 Å². The minimum Gasteiger partial charge on any atom is -0.444 e.